The van der Waals surface area contributed by atoms with Crippen LogP contribution in [0.4, 0.5) is 10.6 Å². The van der Waals surface area contributed by atoms with Gasteiger partial charge in [0.1, 0.15) is 5.82 Å². The van der Waals surface area contributed by atoms with Crippen LogP contribution in [0, 0.1) is 11.8 Å². The maximum Gasteiger partial charge on any atom is 0.323 e. The first-order valence-corrected chi connectivity index (χ1v) is 9.45. The van der Waals surface area contributed by atoms with Gasteiger partial charge in [-0.15, -0.1) is 0 Å². The van der Waals surface area contributed by atoms with E-state index in [-0.39, 0.29) is 18.5 Å². The summed E-state index contributed by atoms with van der Waals surface area (Å²) in [5.74, 6) is -0.105. The molecule has 2 N–H and O–H groups in total. The number of nitrogens with one attached hydrogen (secondary N) is 1. The summed E-state index contributed by atoms with van der Waals surface area (Å²) in [5, 5.41) is 17.0. The van der Waals surface area contributed by atoms with E-state index in [1.807, 2.05) is 43.3 Å². The molecule has 0 radical (unpaired) electrons. The van der Waals surface area contributed by atoms with Crippen molar-refractivity contribution in [3.8, 4) is 5.69 Å². The molecule has 2 aliphatic rings. The lowest BCUT2D eigenvalue weighted by atomic mass is 9.91. The monoisotopic (exact) mass is 368 g/mol. The highest BCUT2D eigenvalue weighted by Gasteiger charge is 2.33. The van der Waals surface area contributed by atoms with Crippen LogP contribution in [0.15, 0.2) is 36.4 Å². The lowest BCUT2D eigenvalue weighted by Crippen LogP contribution is -2.47. The van der Waals surface area contributed by atoms with Crippen LogP contribution in [0.3, 0.4) is 0 Å². The summed E-state index contributed by atoms with van der Waals surface area (Å²) in [4.78, 5) is 25.8. The van der Waals surface area contributed by atoms with Crippen molar-refractivity contribution in [3.05, 3.63) is 42.1 Å². The third-order valence-corrected chi connectivity index (χ3v) is 5.26. The Morgan fingerprint density at radius 2 is 1.93 bits per heavy atom. The molecule has 2 heterocycles. The number of amides is 2. The van der Waals surface area contributed by atoms with Crippen LogP contribution in [0.5, 0.6) is 0 Å². The molecule has 1 saturated heterocycles. The Kier molecular flexibility index (Phi) is 4.59. The number of nitrogens with zero attached hydrogens (tertiary/aromatic N) is 3. The Morgan fingerprint density at radius 1 is 1.19 bits per heavy atom. The van der Waals surface area contributed by atoms with Crippen molar-refractivity contribution in [2.24, 2.45) is 11.8 Å². The smallest absolute Gasteiger partial charge is 0.323 e. The zero-order valence-corrected chi connectivity index (χ0v) is 15.3. The summed E-state index contributed by atoms with van der Waals surface area (Å²) in [6.45, 7) is 2.78. The Labute approximate surface area is 158 Å². The molecule has 4 rings (SSSR count). The lowest BCUT2D eigenvalue weighted by molar-refractivity contribution is -0.143. The Balaban J connectivity index is 1.56. The van der Waals surface area contributed by atoms with Gasteiger partial charge in [0.15, 0.2) is 0 Å². The SMILES string of the molecule is CC1CC(C(=O)O)CN(C(=O)Nc2cc(C3CC3)nn2-c2ccccc2)C1. The van der Waals surface area contributed by atoms with Crippen molar-refractivity contribution in [3.63, 3.8) is 0 Å². The molecular formula is C20H24N4O3. The van der Waals surface area contributed by atoms with Gasteiger partial charge in [-0.25, -0.2) is 9.48 Å². The fraction of sp³-hybridized carbons (Fsp3) is 0.450. The molecule has 7 heteroatoms. The van der Waals surface area contributed by atoms with Gasteiger partial charge >= 0.3 is 12.0 Å². The van der Waals surface area contributed by atoms with Crippen molar-refractivity contribution in [2.75, 3.05) is 18.4 Å². The quantitative estimate of drug-likeness (QED) is 0.867. The van der Waals surface area contributed by atoms with E-state index in [1.54, 1.807) is 9.58 Å². The molecule has 2 aromatic rings. The number of benzene rings is 1. The first-order chi connectivity index (χ1) is 13.0. The number of rotatable bonds is 4. The summed E-state index contributed by atoms with van der Waals surface area (Å²) in [5.41, 5.74) is 1.87. The number of carboxylic acid groups (broad SMARTS) is 1. The van der Waals surface area contributed by atoms with Crippen LogP contribution in [0.2, 0.25) is 0 Å². The molecule has 0 bridgehead atoms. The number of aromatic nitrogens is 2. The molecule has 2 atom stereocenters. The van der Waals surface area contributed by atoms with Gasteiger partial charge in [-0.05, 0) is 37.3 Å². The summed E-state index contributed by atoms with van der Waals surface area (Å²) >= 11 is 0. The fourth-order valence-corrected chi connectivity index (χ4v) is 3.72. The standard InChI is InChI=1S/C20H24N4O3/c1-13-9-15(19(25)26)12-23(11-13)20(27)21-18-10-17(14-7-8-14)22-24(18)16-5-3-2-4-6-16/h2-6,10,13-15H,7-9,11-12H2,1H3,(H,21,27)(H,25,26). The molecule has 1 aliphatic heterocycles. The highest BCUT2D eigenvalue weighted by atomic mass is 16.4. The second-order valence-electron chi connectivity index (χ2n) is 7.69. The van der Waals surface area contributed by atoms with Crippen molar-refractivity contribution < 1.29 is 14.7 Å². The van der Waals surface area contributed by atoms with Crippen LogP contribution in [-0.2, 0) is 4.79 Å². The number of hydrogen-bond donors (Lipinski definition) is 2. The number of likely N-dealkylation sites (tertiary alicyclic amines) is 1. The van der Waals surface area contributed by atoms with Gasteiger partial charge in [-0.3, -0.25) is 10.1 Å². The van der Waals surface area contributed by atoms with Crippen LogP contribution < -0.4 is 5.32 Å². The third-order valence-electron chi connectivity index (χ3n) is 5.26. The predicted molar refractivity (Wildman–Crippen MR) is 101 cm³/mol. The van der Waals surface area contributed by atoms with E-state index in [0.29, 0.717) is 24.7 Å². The van der Waals surface area contributed by atoms with Gasteiger partial charge in [-0.1, -0.05) is 25.1 Å². The first kappa shape index (κ1) is 17.6. The minimum atomic E-state index is -0.843. The molecule has 27 heavy (non-hydrogen) atoms. The van der Waals surface area contributed by atoms with Crippen molar-refractivity contribution in [2.45, 2.75) is 32.1 Å². The number of carbonyl (C=O) groups is 2. The van der Waals surface area contributed by atoms with Gasteiger partial charge < -0.3 is 10.0 Å². The average Bonchev–Trinajstić information content (AvgIpc) is 3.43. The number of anilines is 1. The summed E-state index contributed by atoms with van der Waals surface area (Å²) in [6.07, 6.45) is 2.86. The number of hydrogen-bond acceptors (Lipinski definition) is 3. The zero-order valence-electron chi connectivity index (χ0n) is 15.3. The number of urea groups is 1. The molecule has 2 amide bonds. The molecular weight excluding hydrogens is 344 g/mol. The third kappa shape index (κ3) is 3.82. The molecule has 2 fully saturated rings. The van der Waals surface area contributed by atoms with Gasteiger partial charge in [0, 0.05) is 25.1 Å². The van der Waals surface area contributed by atoms with E-state index in [1.165, 1.54) is 0 Å². The topological polar surface area (TPSA) is 87.5 Å². The minimum Gasteiger partial charge on any atom is -0.481 e. The van der Waals surface area contributed by atoms with Crippen LogP contribution in [-0.4, -0.2) is 44.9 Å². The van der Waals surface area contributed by atoms with E-state index in [4.69, 9.17) is 0 Å². The van der Waals surface area contributed by atoms with Crippen LogP contribution in [0.25, 0.3) is 5.69 Å². The van der Waals surface area contributed by atoms with Gasteiger partial charge in [0.05, 0.1) is 17.3 Å². The summed E-state index contributed by atoms with van der Waals surface area (Å²) in [7, 11) is 0. The van der Waals surface area contributed by atoms with Gasteiger partial charge in [0.25, 0.3) is 0 Å². The Morgan fingerprint density at radius 3 is 2.59 bits per heavy atom. The van der Waals surface area contributed by atoms with E-state index in [2.05, 4.69) is 10.4 Å². The Hall–Kier alpha value is -2.83. The highest BCUT2D eigenvalue weighted by molar-refractivity contribution is 5.89. The number of piperidine rings is 1. The van der Waals surface area contributed by atoms with Gasteiger partial charge in [0.2, 0.25) is 0 Å². The maximum atomic E-state index is 12.8. The van der Waals surface area contributed by atoms with Gasteiger partial charge in [-0.2, -0.15) is 5.10 Å². The van der Waals surface area contributed by atoms with Crippen molar-refractivity contribution in [1.29, 1.82) is 0 Å². The molecule has 1 aromatic carbocycles. The molecule has 1 saturated carbocycles. The normalized spacial score (nSPS) is 22.5. The summed E-state index contributed by atoms with van der Waals surface area (Å²) in [6, 6.07) is 11.4. The van der Waals surface area contributed by atoms with E-state index >= 15 is 0 Å². The van der Waals surface area contributed by atoms with Crippen LogP contribution >= 0.6 is 0 Å². The molecule has 1 aliphatic carbocycles. The second kappa shape index (κ2) is 7.06. The summed E-state index contributed by atoms with van der Waals surface area (Å²) < 4.78 is 1.76. The van der Waals surface area contributed by atoms with Crippen molar-refractivity contribution >= 4 is 17.8 Å². The fourth-order valence-electron chi connectivity index (χ4n) is 3.72. The van der Waals surface area contributed by atoms with E-state index in [0.717, 1.165) is 24.2 Å². The zero-order chi connectivity index (χ0) is 19.0. The Bertz CT molecular complexity index is 844. The maximum absolute atomic E-state index is 12.8. The lowest BCUT2D eigenvalue weighted by Gasteiger charge is -2.34. The molecule has 0 spiro atoms. The van der Waals surface area contributed by atoms with Crippen molar-refractivity contribution in [1.82, 2.24) is 14.7 Å². The number of carboxylic acids is 1. The largest absolute Gasteiger partial charge is 0.481 e. The van der Waals surface area contributed by atoms with E-state index in [9.17, 15) is 14.7 Å². The first-order valence-electron chi connectivity index (χ1n) is 9.45. The molecule has 1 aromatic heterocycles. The predicted octanol–water partition coefficient (Wildman–Crippen LogP) is 3.32. The molecule has 7 nitrogen and oxygen atoms in total. The van der Waals surface area contributed by atoms with E-state index < -0.39 is 11.9 Å². The second-order valence-corrected chi connectivity index (χ2v) is 7.69. The molecule has 2 unspecified atom stereocenters. The highest BCUT2D eigenvalue weighted by Crippen LogP contribution is 2.40. The average molecular weight is 368 g/mol. The molecule has 142 valence electrons. The van der Waals surface area contributed by atoms with Crippen LogP contribution in [0.1, 0.15) is 37.8 Å². The number of para-hydroxylation sites is 1. The minimum absolute atomic E-state index is 0.159. The number of carbonyl (C=O) groups excluding carboxylic acids is 1. The number of aliphatic carboxylic acids is 1.